The monoisotopic (exact) mass is 314 g/mol. The van der Waals surface area contributed by atoms with E-state index in [0.717, 1.165) is 36.0 Å². The largest absolute Gasteiger partial charge is 0.326 e. The zero-order valence-corrected chi connectivity index (χ0v) is 12.3. The zero-order valence-electron chi connectivity index (χ0n) is 10.7. The maximum Gasteiger partial charge on any atom is 0.123 e. The first-order valence-electron chi connectivity index (χ1n) is 6.58. The van der Waals surface area contributed by atoms with Gasteiger partial charge in [-0.15, -0.1) is 0 Å². The Morgan fingerprint density at radius 3 is 2.94 bits per heavy atom. The van der Waals surface area contributed by atoms with Crippen molar-refractivity contribution in [1.82, 2.24) is 4.90 Å². The summed E-state index contributed by atoms with van der Waals surface area (Å²) < 4.78 is 14.4. The Hall–Kier alpha value is -0.450. The molecular weight excluding hydrogens is 295 g/mol. The van der Waals surface area contributed by atoms with E-state index in [2.05, 4.69) is 27.8 Å². The van der Waals surface area contributed by atoms with Crippen LogP contribution in [0.2, 0.25) is 0 Å². The van der Waals surface area contributed by atoms with E-state index in [4.69, 9.17) is 5.73 Å². The third-order valence-electron chi connectivity index (χ3n) is 3.71. The Kier molecular flexibility index (Phi) is 4.76. The van der Waals surface area contributed by atoms with Crippen LogP contribution in [0.25, 0.3) is 0 Å². The van der Waals surface area contributed by atoms with Crippen molar-refractivity contribution < 1.29 is 4.39 Å². The second kappa shape index (κ2) is 6.13. The van der Waals surface area contributed by atoms with Gasteiger partial charge in [0.15, 0.2) is 0 Å². The minimum Gasteiger partial charge on any atom is -0.326 e. The second-order valence-corrected chi connectivity index (χ2v) is 5.75. The van der Waals surface area contributed by atoms with E-state index in [0.29, 0.717) is 0 Å². The number of rotatable bonds is 2. The van der Waals surface area contributed by atoms with Crippen molar-refractivity contribution in [3.05, 3.63) is 34.1 Å². The molecule has 18 heavy (non-hydrogen) atoms. The Balaban J connectivity index is 2.39. The van der Waals surface area contributed by atoms with Crippen molar-refractivity contribution in [1.29, 1.82) is 0 Å². The van der Waals surface area contributed by atoms with E-state index >= 15 is 0 Å². The lowest BCUT2D eigenvalue weighted by Crippen LogP contribution is -2.39. The van der Waals surface area contributed by atoms with E-state index in [-0.39, 0.29) is 17.9 Å². The van der Waals surface area contributed by atoms with Crippen LogP contribution in [0.3, 0.4) is 0 Å². The predicted octanol–water partition coefficient (Wildman–Crippen LogP) is 3.46. The number of hydrogen-bond donors (Lipinski definition) is 1. The van der Waals surface area contributed by atoms with Gasteiger partial charge in [0.05, 0.1) is 6.04 Å². The Bertz CT molecular complexity index is 411. The van der Waals surface area contributed by atoms with Crippen LogP contribution in [0.4, 0.5) is 4.39 Å². The highest BCUT2D eigenvalue weighted by Gasteiger charge is 2.29. The molecule has 0 radical (unpaired) electrons. The molecule has 4 heteroatoms. The van der Waals surface area contributed by atoms with Crippen LogP contribution in [-0.4, -0.2) is 24.0 Å². The third-order valence-corrected chi connectivity index (χ3v) is 4.44. The van der Waals surface area contributed by atoms with Gasteiger partial charge in [-0.3, -0.25) is 4.90 Å². The molecule has 1 saturated heterocycles. The minimum atomic E-state index is -0.194. The molecule has 0 saturated carbocycles. The topological polar surface area (TPSA) is 29.3 Å². The Morgan fingerprint density at radius 1 is 1.44 bits per heavy atom. The molecule has 0 amide bonds. The van der Waals surface area contributed by atoms with Crippen LogP contribution in [-0.2, 0) is 0 Å². The van der Waals surface area contributed by atoms with Gasteiger partial charge in [-0.05, 0) is 49.7 Å². The van der Waals surface area contributed by atoms with Crippen LogP contribution in [0, 0.1) is 5.82 Å². The van der Waals surface area contributed by atoms with Gasteiger partial charge in [-0.1, -0.05) is 29.3 Å². The summed E-state index contributed by atoms with van der Waals surface area (Å²) in [6.45, 7) is 4.12. The fourth-order valence-corrected chi connectivity index (χ4v) is 3.27. The molecule has 1 aromatic rings. The summed E-state index contributed by atoms with van der Waals surface area (Å²) in [5.74, 6) is -0.194. The number of halogens is 2. The van der Waals surface area contributed by atoms with Crippen molar-refractivity contribution in [2.75, 3.05) is 13.1 Å². The maximum atomic E-state index is 13.5. The number of likely N-dealkylation sites (N-methyl/N-ethyl adjacent to an activating group) is 1. The van der Waals surface area contributed by atoms with Crippen molar-refractivity contribution in [3.8, 4) is 0 Å². The molecular formula is C14H20BrFN2. The van der Waals surface area contributed by atoms with Gasteiger partial charge in [0.25, 0.3) is 0 Å². The van der Waals surface area contributed by atoms with Crippen LogP contribution >= 0.6 is 15.9 Å². The van der Waals surface area contributed by atoms with Crippen LogP contribution in [0.15, 0.2) is 22.7 Å². The van der Waals surface area contributed by atoms with E-state index in [1.54, 1.807) is 12.1 Å². The van der Waals surface area contributed by atoms with Gasteiger partial charge < -0.3 is 5.73 Å². The Labute approximate surface area is 116 Å². The van der Waals surface area contributed by atoms with Gasteiger partial charge in [0.1, 0.15) is 5.82 Å². The standard InChI is InChI=1S/C14H20BrFN2/c1-2-18-8-4-3-5-13(17)14(18)11-9-10(16)6-7-12(11)15/h6-7,9,13-14H,2-5,8,17H2,1H3. The van der Waals surface area contributed by atoms with E-state index < -0.39 is 0 Å². The van der Waals surface area contributed by atoms with Gasteiger partial charge >= 0.3 is 0 Å². The summed E-state index contributed by atoms with van der Waals surface area (Å²) in [7, 11) is 0. The van der Waals surface area contributed by atoms with Gasteiger partial charge in [0.2, 0.25) is 0 Å². The molecule has 1 fully saturated rings. The molecule has 2 rings (SSSR count). The van der Waals surface area contributed by atoms with E-state index in [1.165, 1.54) is 12.5 Å². The second-order valence-electron chi connectivity index (χ2n) is 4.90. The summed E-state index contributed by atoms with van der Waals surface area (Å²) in [6, 6.07) is 5.05. The molecule has 0 aromatic heterocycles. The molecule has 2 N–H and O–H groups in total. The third kappa shape index (κ3) is 2.92. The quantitative estimate of drug-likeness (QED) is 0.905. The predicted molar refractivity (Wildman–Crippen MR) is 75.9 cm³/mol. The first kappa shape index (κ1) is 14.0. The minimum absolute atomic E-state index is 0.0746. The smallest absolute Gasteiger partial charge is 0.123 e. The molecule has 1 aliphatic rings. The lowest BCUT2D eigenvalue weighted by Gasteiger charge is -2.33. The molecule has 0 bridgehead atoms. The normalized spacial score (nSPS) is 26.0. The van der Waals surface area contributed by atoms with Crippen LogP contribution in [0.1, 0.15) is 37.8 Å². The Morgan fingerprint density at radius 2 is 2.22 bits per heavy atom. The van der Waals surface area contributed by atoms with Crippen molar-refractivity contribution in [2.45, 2.75) is 38.3 Å². The molecule has 1 aliphatic heterocycles. The summed E-state index contributed by atoms with van der Waals surface area (Å²) in [6.07, 6.45) is 3.33. The molecule has 1 heterocycles. The summed E-state index contributed by atoms with van der Waals surface area (Å²) in [5.41, 5.74) is 7.29. The summed E-state index contributed by atoms with van der Waals surface area (Å²) in [5, 5.41) is 0. The lowest BCUT2D eigenvalue weighted by atomic mass is 9.96. The highest BCUT2D eigenvalue weighted by molar-refractivity contribution is 9.10. The molecule has 100 valence electrons. The fourth-order valence-electron chi connectivity index (χ4n) is 2.79. The van der Waals surface area contributed by atoms with Crippen molar-refractivity contribution >= 4 is 15.9 Å². The number of nitrogens with zero attached hydrogens (tertiary/aromatic N) is 1. The zero-order chi connectivity index (χ0) is 13.1. The summed E-state index contributed by atoms with van der Waals surface area (Å²) >= 11 is 3.53. The van der Waals surface area contributed by atoms with Gasteiger partial charge in [0, 0.05) is 10.5 Å². The molecule has 1 aromatic carbocycles. The number of hydrogen-bond acceptors (Lipinski definition) is 2. The fraction of sp³-hybridized carbons (Fsp3) is 0.571. The highest BCUT2D eigenvalue weighted by Crippen LogP contribution is 2.34. The molecule has 0 spiro atoms. The first-order valence-corrected chi connectivity index (χ1v) is 7.37. The summed E-state index contributed by atoms with van der Waals surface area (Å²) in [4.78, 5) is 2.36. The van der Waals surface area contributed by atoms with E-state index in [9.17, 15) is 4.39 Å². The molecule has 2 nitrogen and oxygen atoms in total. The van der Waals surface area contributed by atoms with Crippen LogP contribution < -0.4 is 5.73 Å². The number of likely N-dealkylation sites (tertiary alicyclic amines) is 1. The van der Waals surface area contributed by atoms with Crippen molar-refractivity contribution in [3.63, 3.8) is 0 Å². The van der Waals surface area contributed by atoms with Gasteiger partial charge in [-0.2, -0.15) is 0 Å². The van der Waals surface area contributed by atoms with Crippen LogP contribution in [0.5, 0.6) is 0 Å². The molecule has 2 atom stereocenters. The lowest BCUT2D eigenvalue weighted by molar-refractivity contribution is 0.194. The van der Waals surface area contributed by atoms with Gasteiger partial charge in [-0.25, -0.2) is 4.39 Å². The first-order chi connectivity index (χ1) is 8.63. The number of nitrogens with two attached hydrogens (primary N) is 1. The molecule has 0 aliphatic carbocycles. The highest BCUT2D eigenvalue weighted by atomic mass is 79.9. The average molecular weight is 315 g/mol. The number of benzene rings is 1. The average Bonchev–Trinajstić information content (AvgIpc) is 2.54. The molecule has 2 unspecified atom stereocenters. The maximum absolute atomic E-state index is 13.5. The SMILES string of the molecule is CCN1CCCCC(N)C1c1cc(F)ccc1Br. The van der Waals surface area contributed by atoms with Crippen molar-refractivity contribution in [2.24, 2.45) is 5.73 Å². The van der Waals surface area contributed by atoms with E-state index in [1.807, 2.05) is 0 Å².